The molecule has 1 N–H and O–H groups in total. The summed E-state index contributed by atoms with van der Waals surface area (Å²) in [6, 6.07) is 8.00. The maximum absolute atomic E-state index is 12.5. The number of aromatic nitrogens is 2. The summed E-state index contributed by atoms with van der Waals surface area (Å²) in [5, 5.41) is 4.11. The van der Waals surface area contributed by atoms with E-state index in [2.05, 4.69) is 28.4 Å². The summed E-state index contributed by atoms with van der Waals surface area (Å²) in [5.74, 6) is 0.476. The Labute approximate surface area is 185 Å². The maximum Gasteiger partial charge on any atom is 0.255 e. The first-order valence-corrected chi connectivity index (χ1v) is 11.4. The van der Waals surface area contributed by atoms with E-state index >= 15 is 0 Å². The Morgan fingerprint density at radius 1 is 1.19 bits per heavy atom. The van der Waals surface area contributed by atoms with Crippen LogP contribution in [0.2, 0.25) is 0 Å². The lowest BCUT2D eigenvalue weighted by Crippen LogP contribution is -2.45. The first-order chi connectivity index (χ1) is 15.0. The third-order valence-electron chi connectivity index (χ3n) is 5.70. The number of morpholine rings is 1. The Morgan fingerprint density at radius 3 is 2.68 bits per heavy atom. The minimum Gasteiger partial charge on any atom is -0.496 e. The van der Waals surface area contributed by atoms with E-state index < -0.39 is 0 Å². The predicted molar refractivity (Wildman–Crippen MR) is 122 cm³/mol. The fourth-order valence-corrected chi connectivity index (χ4v) is 4.91. The van der Waals surface area contributed by atoms with Crippen LogP contribution in [0.15, 0.2) is 30.5 Å². The van der Waals surface area contributed by atoms with Crippen LogP contribution >= 0.6 is 11.5 Å². The second kappa shape index (κ2) is 8.09. The van der Waals surface area contributed by atoms with Crippen molar-refractivity contribution in [3.63, 3.8) is 0 Å². The molecule has 8 heteroatoms. The molecule has 3 heterocycles. The summed E-state index contributed by atoms with van der Waals surface area (Å²) in [7, 11) is 1.59. The second-order valence-corrected chi connectivity index (χ2v) is 9.16. The molecule has 1 aliphatic carbocycles. The van der Waals surface area contributed by atoms with Crippen LogP contribution in [-0.4, -0.2) is 53.7 Å². The summed E-state index contributed by atoms with van der Waals surface area (Å²) < 4.78 is 16.0. The first-order valence-electron chi connectivity index (χ1n) is 10.7. The highest BCUT2D eigenvalue weighted by Crippen LogP contribution is 2.35. The maximum atomic E-state index is 12.5. The number of methoxy groups -OCH3 is 1. The van der Waals surface area contributed by atoms with Gasteiger partial charge in [0.25, 0.3) is 5.91 Å². The van der Waals surface area contributed by atoms with Gasteiger partial charge in [0.05, 0.1) is 24.9 Å². The molecule has 0 radical (unpaired) electrons. The highest BCUT2D eigenvalue weighted by Gasteiger charge is 2.27. The van der Waals surface area contributed by atoms with Crippen molar-refractivity contribution in [2.45, 2.75) is 44.9 Å². The minimum absolute atomic E-state index is 0.0856. The molecule has 2 atom stereocenters. The van der Waals surface area contributed by atoms with Crippen LogP contribution < -0.4 is 15.0 Å². The van der Waals surface area contributed by atoms with Gasteiger partial charge in [-0.15, -0.1) is 0 Å². The average molecular weight is 439 g/mol. The quantitative estimate of drug-likeness (QED) is 0.652. The monoisotopic (exact) mass is 438 g/mol. The van der Waals surface area contributed by atoms with E-state index in [0.717, 1.165) is 53.1 Å². The molecule has 2 aliphatic rings. The van der Waals surface area contributed by atoms with Crippen LogP contribution in [0.5, 0.6) is 5.75 Å². The first kappa shape index (κ1) is 20.2. The molecular formula is C23H26N4O3S. The van der Waals surface area contributed by atoms with E-state index in [0.29, 0.717) is 17.4 Å². The number of amides is 1. The summed E-state index contributed by atoms with van der Waals surface area (Å²) in [5.41, 5.74) is 4.23. The Morgan fingerprint density at radius 2 is 1.97 bits per heavy atom. The van der Waals surface area contributed by atoms with Crippen molar-refractivity contribution in [2.24, 2.45) is 0 Å². The van der Waals surface area contributed by atoms with E-state index in [4.69, 9.17) is 14.5 Å². The number of pyridine rings is 1. The Kier molecular flexibility index (Phi) is 5.27. The molecule has 0 unspecified atom stereocenters. The predicted octanol–water partition coefficient (Wildman–Crippen LogP) is 3.87. The fraction of sp³-hybridized carbons (Fsp3) is 0.435. The van der Waals surface area contributed by atoms with Gasteiger partial charge in [0, 0.05) is 30.9 Å². The number of hydrogen-bond acceptors (Lipinski definition) is 7. The number of nitrogens with zero attached hydrogens (tertiary/aromatic N) is 3. The number of benzene rings is 1. The highest BCUT2D eigenvalue weighted by molar-refractivity contribution is 7.11. The molecular weight excluding hydrogens is 412 g/mol. The molecule has 2 aromatic heterocycles. The number of carbonyl (C=O) groups excluding carboxylic acids is 1. The molecule has 2 fully saturated rings. The van der Waals surface area contributed by atoms with Gasteiger partial charge < -0.3 is 19.7 Å². The molecule has 1 aromatic carbocycles. The summed E-state index contributed by atoms with van der Waals surface area (Å²) in [4.78, 5) is 19.5. The van der Waals surface area contributed by atoms with E-state index in [1.165, 1.54) is 11.5 Å². The van der Waals surface area contributed by atoms with Crippen molar-refractivity contribution in [1.82, 2.24) is 14.7 Å². The second-order valence-electron chi connectivity index (χ2n) is 8.40. The number of rotatable bonds is 5. The van der Waals surface area contributed by atoms with Crippen LogP contribution in [-0.2, 0) is 4.74 Å². The molecule has 5 rings (SSSR count). The van der Waals surface area contributed by atoms with Crippen LogP contribution in [0.4, 0.5) is 5.00 Å². The SMILES string of the molecule is COc1cc(-c2cnc3c(N4C[C@@H](C)O[C@@H](C)C4)snc3c2)ccc1C(=O)NC1CC1. The molecule has 1 amide bonds. The summed E-state index contributed by atoms with van der Waals surface area (Å²) in [6.45, 7) is 5.87. The highest BCUT2D eigenvalue weighted by atomic mass is 32.1. The molecule has 0 bridgehead atoms. The lowest BCUT2D eigenvalue weighted by atomic mass is 10.0. The number of fused-ring (bicyclic) bond motifs is 1. The van der Waals surface area contributed by atoms with Gasteiger partial charge >= 0.3 is 0 Å². The van der Waals surface area contributed by atoms with Crippen LogP contribution in [0, 0.1) is 0 Å². The van der Waals surface area contributed by atoms with Crippen molar-refractivity contribution in [3.05, 3.63) is 36.0 Å². The summed E-state index contributed by atoms with van der Waals surface area (Å²) >= 11 is 1.48. The van der Waals surface area contributed by atoms with Crippen LogP contribution in [0.25, 0.3) is 22.2 Å². The zero-order valence-electron chi connectivity index (χ0n) is 17.9. The van der Waals surface area contributed by atoms with Gasteiger partial charge in [0.1, 0.15) is 21.8 Å². The van der Waals surface area contributed by atoms with Gasteiger partial charge in [-0.05, 0) is 62.0 Å². The molecule has 0 spiro atoms. The third-order valence-corrected chi connectivity index (χ3v) is 6.61. The smallest absolute Gasteiger partial charge is 0.255 e. The van der Waals surface area contributed by atoms with Crippen molar-refractivity contribution < 1.29 is 14.3 Å². The van der Waals surface area contributed by atoms with E-state index in [9.17, 15) is 4.79 Å². The van der Waals surface area contributed by atoms with Crippen molar-refractivity contribution in [2.75, 3.05) is 25.1 Å². The average Bonchev–Trinajstić information content (AvgIpc) is 3.47. The Bertz CT molecular complexity index is 1120. The number of nitrogens with one attached hydrogen (secondary N) is 1. The largest absolute Gasteiger partial charge is 0.496 e. The van der Waals surface area contributed by atoms with Crippen molar-refractivity contribution >= 4 is 33.5 Å². The normalized spacial score (nSPS) is 21.3. The Balaban J connectivity index is 1.43. The topological polar surface area (TPSA) is 76.6 Å². The molecule has 1 saturated carbocycles. The lowest BCUT2D eigenvalue weighted by molar-refractivity contribution is -0.00494. The molecule has 162 valence electrons. The van der Waals surface area contributed by atoms with Gasteiger partial charge in [-0.3, -0.25) is 9.78 Å². The van der Waals surface area contributed by atoms with Crippen LogP contribution in [0.1, 0.15) is 37.0 Å². The number of ether oxygens (including phenoxy) is 2. The number of anilines is 1. The van der Waals surface area contributed by atoms with Gasteiger partial charge in [0.2, 0.25) is 0 Å². The van der Waals surface area contributed by atoms with E-state index in [1.807, 2.05) is 30.5 Å². The van der Waals surface area contributed by atoms with Crippen LogP contribution in [0.3, 0.4) is 0 Å². The van der Waals surface area contributed by atoms with Gasteiger partial charge in [-0.2, -0.15) is 4.37 Å². The fourth-order valence-electron chi connectivity index (χ4n) is 4.08. The molecule has 7 nitrogen and oxygen atoms in total. The standard InChI is InChI=1S/C23H26N4O3S/c1-13-11-27(12-14(2)30-13)23-21-19(26-31-23)8-16(10-24-21)15-4-7-18(20(9-15)29-3)22(28)25-17-5-6-17/h4,7-10,13-14,17H,5-6,11-12H2,1-3H3,(H,25,28)/t13-,14+. The lowest BCUT2D eigenvalue weighted by Gasteiger charge is -2.35. The van der Waals surface area contributed by atoms with Gasteiger partial charge in [-0.25, -0.2) is 0 Å². The van der Waals surface area contributed by atoms with Crippen molar-refractivity contribution in [3.8, 4) is 16.9 Å². The number of hydrogen-bond donors (Lipinski definition) is 1. The molecule has 1 saturated heterocycles. The van der Waals surface area contributed by atoms with Gasteiger partial charge in [0.15, 0.2) is 0 Å². The molecule has 3 aromatic rings. The Hall–Kier alpha value is -2.71. The third kappa shape index (κ3) is 4.09. The number of carbonyl (C=O) groups is 1. The molecule has 31 heavy (non-hydrogen) atoms. The minimum atomic E-state index is -0.0856. The van der Waals surface area contributed by atoms with E-state index in [1.54, 1.807) is 7.11 Å². The van der Waals surface area contributed by atoms with Crippen molar-refractivity contribution in [1.29, 1.82) is 0 Å². The summed E-state index contributed by atoms with van der Waals surface area (Å²) in [6.07, 6.45) is 4.34. The van der Waals surface area contributed by atoms with E-state index in [-0.39, 0.29) is 18.1 Å². The van der Waals surface area contributed by atoms with Gasteiger partial charge in [-0.1, -0.05) is 6.07 Å². The zero-order chi connectivity index (χ0) is 21.5. The zero-order valence-corrected chi connectivity index (χ0v) is 18.7. The molecule has 1 aliphatic heterocycles.